The first-order valence-electron chi connectivity index (χ1n) is 9.23. The van der Waals surface area contributed by atoms with Crippen molar-refractivity contribution >= 4 is 38.9 Å². The average Bonchev–Trinajstić information content (AvgIpc) is 2.73. The highest BCUT2D eigenvalue weighted by Crippen LogP contribution is 2.29. The molecule has 0 aliphatic carbocycles. The van der Waals surface area contributed by atoms with E-state index in [-0.39, 0.29) is 17.2 Å². The molecule has 0 saturated heterocycles. The quantitative estimate of drug-likeness (QED) is 0.517. The summed E-state index contributed by atoms with van der Waals surface area (Å²) in [5.74, 6) is 0.562. The van der Waals surface area contributed by atoms with Crippen molar-refractivity contribution in [1.29, 1.82) is 0 Å². The Morgan fingerprint density at radius 1 is 1.00 bits per heavy atom. The van der Waals surface area contributed by atoms with Crippen LogP contribution >= 0.6 is 11.6 Å². The Balaban J connectivity index is 1.73. The monoisotopic (exact) mass is 460 g/mol. The van der Waals surface area contributed by atoms with E-state index in [0.29, 0.717) is 22.2 Å². The summed E-state index contributed by atoms with van der Waals surface area (Å²) in [5.41, 5.74) is 1.47. The Labute approximate surface area is 186 Å². The van der Waals surface area contributed by atoms with Gasteiger partial charge in [-0.25, -0.2) is 8.42 Å². The van der Waals surface area contributed by atoms with Crippen LogP contribution in [0.4, 0.5) is 11.4 Å². The minimum absolute atomic E-state index is 0.0601. The highest BCUT2D eigenvalue weighted by Gasteiger charge is 2.16. The molecule has 1 amide bonds. The van der Waals surface area contributed by atoms with E-state index in [1.54, 1.807) is 12.1 Å². The molecule has 9 heteroatoms. The first-order chi connectivity index (χ1) is 14.8. The minimum atomic E-state index is -3.83. The van der Waals surface area contributed by atoms with Gasteiger partial charge in [0.2, 0.25) is 0 Å². The van der Waals surface area contributed by atoms with Crippen molar-refractivity contribution in [3.05, 3.63) is 77.3 Å². The summed E-state index contributed by atoms with van der Waals surface area (Å²) >= 11 is 5.82. The van der Waals surface area contributed by atoms with Crippen LogP contribution in [-0.4, -0.2) is 28.0 Å². The summed E-state index contributed by atoms with van der Waals surface area (Å²) in [4.78, 5) is 12.4. The van der Waals surface area contributed by atoms with E-state index in [0.717, 1.165) is 5.56 Å². The van der Waals surface area contributed by atoms with Gasteiger partial charge in [-0.1, -0.05) is 29.8 Å². The van der Waals surface area contributed by atoms with Gasteiger partial charge in [-0.15, -0.1) is 0 Å². The van der Waals surface area contributed by atoms with E-state index in [2.05, 4.69) is 10.0 Å². The number of anilines is 2. The molecule has 31 heavy (non-hydrogen) atoms. The topological polar surface area (TPSA) is 93.7 Å². The molecule has 3 aromatic rings. The standard InChI is InChI=1S/C22H21ClN2O5S/c1-15-5-3-4-6-20(15)30-14-22(26)24-19-13-17(9-12-21(19)29-2)25-31(27,28)18-10-7-16(23)8-11-18/h3-13,25H,14H2,1-2H3,(H,24,26). The van der Waals surface area contributed by atoms with Crippen LogP contribution in [0.15, 0.2) is 71.6 Å². The highest BCUT2D eigenvalue weighted by molar-refractivity contribution is 7.92. The molecule has 0 aliphatic heterocycles. The summed E-state index contributed by atoms with van der Waals surface area (Å²) in [5, 5.41) is 3.12. The van der Waals surface area contributed by atoms with Crippen LogP contribution in [0.2, 0.25) is 5.02 Å². The number of para-hydroxylation sites is 1. The number of carbonyl (C=O) groups excluding carboxylic acids is 1. The Bertz CT molecular complexity index is 1180. The van der Waals surface area contributed by atoms with Crippen molar-refractivity contribution < 1.29 is 22.7 Å². The molecule has 0 aromatic heterocycles. The normalized spacial score (nSPS) is 10.9. The molecule has 0 atom stereocenters. The van der Waals surface area contributed by atoms with Gasteiger partial charge in [0.25, 0.3) is 15.9 Å². The zero-order chi connectivity index (χ0) is 22.4. The molecule has 3 rings (SSSR count). The van der Waals surface area contributed by atoms with E-state index in [1.807, 2.05) is 25.1 Å². The number of aryl methyl sites for hydroxylation is 1. The van der Waals surface area contributed by atoms with Gasteiger partial charge in [-0.05, 0) is 61.0 Å². The van der Waals surface area contributed by atoms with E-state index < -0.39 is 15.9 Å². The van der Waals surface area contributed by atoms with Crippen LogP contribution in [-0.2, 0) is 14.8 Å². The van der Waals surface area contributed by atoms with Gasteiger partial charge in [0, 0.05) is 5.02 Å². The van der Waals surface area contributed by atoms with Crippen molar-refractivity contribution in [1.82, 2.24) is 0 Å². The first-order valence-corrected chi connectivity index (χ1v) is 11.1. The second-order valence-electron chi connectivity index (χ2n) is 6.58. The molecule has 2 N–H and O–H groups in total. The van der Waals surface area contributed by atoms with Crippen LogP contribution in [0.1, 0.15) is 5.56 Å². The van der Waals surface area contributed by atoms with Crippen LogP contribution in [0, 0.1) is 6.92 Å². The smallest absolute Gasteiger partial charge is 0.262 e. The molecule has 0 saturated carbocycles. The lowest BCUT2D eigenvalue weighted by Crippen LogP contribution is -2.21. The van der Waals surface area contributed by atoms with Crippen LogP contribution < -0.4 is 19.5 Å². The number of halogens is 1. The van der Waals surface area contributed by atoms with E-state index in [4.69, 9.17) is 21.1 Å². The SMILES string of the molecule is COc1ccc(NS(=O)(=O)c2ccc(Cl)cc2)cc1NC(=O)COc1ccccc1C. The third-order valence-electron chi connectivity index (χ3n) is 4.30. The molecule has 3 aromatic carbocycles. The molecule has 0 bridgehead atoms. The van der Waals surface area contributed by atoms with Crippen LogP contribution in [0.25, 0.3) is 0 Å². The van der Waals surface area contributed by atoms with Crippen molar-refractivity contribution in [3.63, 3.8) is 0 Å². The largest absolute Gasteiger partial charge is 0.495 e. The summed E-state index contributed by atoms with van der Waals surface area (Å²) in [6.07, 6.45) is 0. The molecule has 0 fully saturated rings. The number of benzene rings is 3. The fourth-order valence-corrected chi connectivity index (χ4v) is 3.92. The number of ether oxygens (including phenoxy) is 2. The van der Waals surface area contributed by atoms with Gasteiger partial charge in [0.15, 0.2) is 6.61 Å². The maximum Gasteiger partial charge on any atom is 0.262 e. The molecule has 0 aliphatic rings. The summed E-state index contributed by atoms with van der Waals surface area (Å²) in [6, 6.07) is 17.7. The van der Waals surface area contributed by atoms with Crippen molar-refractivity contribution in [2.75, 3.05) is 23.8 Å². The molecule has 162 valence electrons. The Hall–Kier alpha value is -3.23. The fraction of sp³-hybridized carbons (Fsp3) is 0.136. The number of rotatable bonds is 8. The maximum absolute atomic E-state index is 12.6. The third-order valence-corrected chi connectivity index (χ3v) is 5.95. The summed E-state index contributed by atoms with van der Waals surface area (Å²) in [6.45, 7) is 1.67. The van der Waals surface area contributed by atoms with Gasteiger partial charge in [0.05, 0.1) is 23.4 Å². The lowest BCUT2D eigenvalue weighted by atomic mass is 10.2. The summed E-state index contributed by atoms with van der Waals surface area (Å²) in [7, 11) is -2.38. The lowest BCUT2D eigenvalue weighted by molar-refractivity contribution is -0.118. The number of nitrogens with one attached hydrogen (secondary N) is 2. The number of sulfonamides is 1. The zero-order valence-electron chi connectivity index (χ0n) is 16.9. The average molecular weight is 461 g/mol. The zero-order valence-corrected chi connectivity index (χ0v) is 18.5. The van der Waals surface area contributed by atoms with Crippen LogP contribution in [0.5, 0.6) is 11.5 Å². The van der Waals surface area contributed by atoms with E-state index in [9.17, 15) is 13.2 Å². The van der Waals surface area contributed by atoms with Gasteiger partial charge < -0.3 is 14.8 Å². The second-order valence-corrected chi connectivity index (χ2v) is 8.70. The Morgan fingerprint density at radius 2 is 1.71 bits per heavy atom. The first kappa shape index (κ1) is 22.5. The van der Waals surface area contributed by atoms with Crippen molar-refractivity contribution in [3.8, 4) is 11.5 Å². The molecule has 0 unspecified atom stereocenters. The molecule has 0 radical (unpaired) electrons. The van der Waals surface area contributed by atoms with Crippen molar-refractivity contribution in [2.24, 2.45) is 0 Å². The minimum Gasteiger partial charge on any atom is -0.495 e. The molecule has 0 heterocycles. The molecule has 0 spiro atoms. The van der Waals surface area contributed by atoms with Crippen molar-refractivity contribution in [2.45, 2.75) is 11.8 Å². The number of amides is 1. The number of methoxy groups -OCH3 is 1. The molecular formula is C22H21ClN2O5S. The van der Waals surface area contributed by atoms with Gasteiger partial charge >= 0.3 is 0 Å². The highest BCUT2D eigenvalue weighted by atomic mass is 35.5. The number of carbonyl (C=O) groups is 1. The fourth-order valence-electron chi connectivity index (χ4n) is 2.74. The molecule has 7 nitrogen and oxygen atoms in total. The Kier molecular flexibility index (Phi) is 7.04. The summed E-state index contributed by atoms with van der Waals surface area (Å²) < 4.78 is 38.5. The predicted octanol–water partition coefficient (Wildman–Crippen LogP) is 4.48. The lowest BCUT2D eigenvalue weighted by Gasteiger charge is -2.14. The van der Waals surface area contributed by atoms with E-state index >= 15 is 0 Å². The third kappa shape index (κ3) is 5.90. The van der Waals surface area contributed by atoms with Gasteiger partial charge in [-0.2, -0.15) is 0 Å². The Morgan fingerprint density at radius 3 is 2.39 bits per heavy atom. The van der Waals surface area contributed by atoms with Gasteiger partial charge in [-0.3, -0.25) is 9.52 Å². The predicted molar refractivity (Wildman–Crippen MR) is 121 cm³/mol. The molecular weight excluding hydrogens is 440 g/mol. The number of hydrogen-bond donors (Lipinski definition) is 2. The maximum atomic E-state index is 12.6. The van der Waals surface area contributed by atoms with Crippen LogP contribution in [0.3, 0.4) is 0 Å². The number of hydrogen-bond acceptors (Lipinski definition) is 5. The van der Waals surface area contributed by atoms with E-state index in [1.165, 1.54) is 43.5 Å². The van der Waals surface area contributed by atoms with Gasteiger partial charge in [0.1, 0.15) is 11.5 Å². The second kappa shape index (κ2) is 9.72.